The van der Waals surface area contributed by atoms with Crippen molar-refractivity contribution >= 4 is 17.0 Å². The van der Waals surface area contributed by atoms with Crippen molar-refractivity contribution < 1.29 is 24.1 Å². The summed E-state index contributed by atoms with van der Waals surface area (Å²) in [6.45, 7) is 1.85. The Morgan fingerprint density at radius 3 is 2.71 bits per heavy atom. The van der Waals surface area contributed by atoms with Crippen LogP contribution in [0.15, 0.2) is 36.9 Å². The number of benzene rings is 1. The molecule has 1 aliphatic rings. The Kier molecular flexibility index (Phi) is 4.94. The Balaban J connectivity index is 1.47. The highest BCUT2D eigenvalue weighted by Crippen LogP contribution is 2.32. The minimum atomic E-state index is -1.21. The van der Waals surface area contributed by atoms with E-state index in [-0.39, 0.29) is 24.3 Å². The Bertz CT molecular complexity index is 966. The van der Waals surface area contributed by atoms with Crippen molar-refractivity contribution in [1.29, 1.82) is 0 Å². The standard InChI is InChI=1S/C18H20FN5O4/c1-9(10-2-4-11(19)5-3-10)27-6-12-14(25)15(26)18(28-12)24-8-23-13-16(20)21-7-22-17(13)24/h2-5,7-9,12,14-15,18,25-26H,6H2,1H3,(H2,20,21,22)/t9-,12-,14-,15-,18-/m1/s1. The van der Waals surface area contributed by atoms with Crippen LogP contribution in [-0.4, -0.2) is 54.7 Å². The quantitative estimate of drug-likeness (QED) is 0.588. The Hall–Kier alpha value is -2.66. The molecule has 10 heteroatoms. The van der Waals surface area contributed by atoms with Crippen molar-refractivity contribution in [2.45, 2.75) is 37.6 Å². The molecule has 3 aromatic rings. The lowest BCUT2D eigenvalue weighted by molar-refractivity contribution is -0.0788. The van der Waals surface area contributed by atoms with Gasteiger partial charge in [0.1, 0.15) is 36.0 Å². The molecule has 0 bridgehead atoms. The van der Waals surface area contributed by atoms with Gasteiger partial charge in [-0.25, -0.2) is 19.3 Å². The van der Waals surface area contributed by atoms with E-state index in [1.165, 1.54) is 29.4 Å². The average molecular weight is 389 g/mol. The number of nitrogens with two attached hydrogens (primary N) is 1. The molecule has 1 saturated heterocycles. The first kappa shape index (κ1) is 18.7. The predicted octanol–water partition coefficient (Wildman–Crippen LogP) is 0.945. The van der Waals surface area contributed by atoms with E-state index in [0.717, 1.165) is 5.56 Å². The van der Waals surface area contributed by atoms with Gasteiger partial charge in [-0.2, -0.15) is 0 Å². The maximum Gasteiger partial charge on any atom is 0.167 e. The minimum absolute atomic E-state index is 0.0387. The van der Waals surface area contributed by atoms with Crippen LogP contribution in [-0.2, 0) is 9.47 Å². The lowest BCUT2D eigenvalue weighted by Gasteiger charge is -2.19. The lowest BCUT2D eigenvalue weighted by Crippen LogP contribution is -2.34. The number of rotatable bonds is 5. The predicted molar refractivity (Wildman–Crippen MR) is 96.4 cm³/mol. The molecule has 0 spiro atoms. The molecule has 28 heavy (non-hydrogen) atoms. The van der Waals surface area contributed by atoms with Gasteiger partial charge in [0.15, 0.2) is 17.7 Å². The number of fused-ring (bicyclic) bond motifs is 1. The number of hydrogen-bond acceptors (Lipinski definition) is 8. The van der Waals surface area contributed by atoms with Gasteiger partial charge in [0.05, 0.1) is 19.0 Å². The number of anilines is 1. The molecule has 0 amide bonds. The summed E-state index contributed by atoms with van der Waals surface area (Å²) in [5.41, 5.74) is 7.35. The zero-order chi connectivity index (χ0) is 19.8. The second-order valence-corrected chi connectivity index (χ2v) is 6.66. The first-order valence-corrected chi connectivity index (χ1v) is 8.77. The summed E-state index contributed by atoms with van der Waals surface area (Å²) in [7, 11) is 0. The average Bonchev–Trinajstić information content (AvgIpc) is 3.23. The molecule has 1 aliphatic heterocycles. The number of nitrogens with zero attached hydrogens (tertiary/aromatic N) is 4. The monoisotopic (exact) mass is 389 g/mol. The van der Waals surface area contributed by atoms with Crippen molar-refractivity contribution in [3.8, 4) is 0 Å². The fraction of sp³-hybridized carbons (Fsp3) is 0.389. The Morgan fingerprint density at radius 2 is 1.96 bits per heavy atom. The fourth-order valence-electron chi connectivity index (χ4n) is 3.22. The van der Waals surface area contributed by atoms with Gasteiger partial charge in [-0.3, -0.25) is 4.57 Å². The van der Waals surface area contributed by atoms with Crippen molar-refractivity contribution in [2.24, 2.45) is 0 Å². The third-order valence-corrected chi connectivity index (χ3v) is 4.85. The van der Waals surface area contributed by atoms with Crippen LogP contribution in [0, 0.1) is 5.82 Å². The van der Waals surface area contributed by atoms with Crippen LogP contribution in [0.25, 0.3) is 11.2 Å². The van der Waals surface area contributed by atoms with Crippen molar-refractivity contribution in [3.63, 3.8) is 0 Å². The van der Waals surface area contributed by atoms with Crippen LogP contribution in [0.3, 0.4) is 0 Å². The number of nitrogen functional groups attached to an aromatic ring is 1. The van der Waals surface area contributed by atoms with E-state index in [4.69, 9.17) is 15.2 Å². The third-order valence-electron chi connectivity index (χ3n) is 4.85. The summed E-state index contributed by atoms with van der Waals surface area (Å²) in [6, 6.07) is 5.97. The molecular weight excluding hydrogens is 369 g/mol. The van der Waals surface area contributed by atoms with Crippen LogP contribution in [0.5, 0.6) is 0 Å². The van der Waals surface area contributed by atoms with Gasteiger partial charge in [0.2, 0.25) is 0 Å². The zero-order valence-corrected chi connectivity index (χ0v) is 15.0. The highest BCUT2D eigenvalue weighted by molar-refractivity contribution is 5.81. The van der Waals surface area contributed by atoms with E-state index in [0.29, 0.717) is 11.2 Å². The zero-order valence-electron chi connectivity index (χ0n) is 15.0. The minimum Gasteiger partial charge on any atom is -0.387 e. The molecule has 9 nitrogen and oxygen atoms in total. The van der Waals surface area contributed by atoms with Crippen LogP contribution < -0.4 is 5.73 Å². The number of aromatic nitrogens is 4. The number of aliphatic hydroxyl groups is 2. The van der Waals surface area contributed by atoms with E-state index >= 15 is 0 Å². The molecule has 3 heterocycles. The molecular formula is C18H20FN5O4. The van der Waals surface area contributed by atoms with Crippen molar-refractivity contribution in [2.75, 3.05) is 12.3 Å². The fourth-order valence-corrected chi connectivity index (χ4v) is 3.22. The van der Waals surface area contributed by atoms with E-state index in [9.17, 15) is 14.6 Å². The molecule has 4 N–H and O–H groups in total. The largest absolute Gasteiger partial charge is 0.387 e. The van der Waals surface area contributed by atoms with Gasteiger partial charge >= 0.3 is 0 Å². The van der Waals surface area contributed by atoms with Gasteiger partial charge in [-0.05, 0) is 24.6 Å². The first-order valence-electron chi connectivity index (χ1n) is 8.77. The molecule has 0 radical (unpaired) electrons. The van der Waals surface area contributed by atoms with Crippen LogP contribution in [0.2, 0.25) is 0 Å². The number of imidazole rings is 1. The van der Waals surface area contributed by atoms with Gasteiger partial charge in [-0.1, -0.05) is 12.1 Å². The maximum absolute atomic E-state index is 13.0. The van der Waals surface area contributed by atoms with Gasteiger partial charge in [0, 0.05) is 0 Å². The normalized spacial score (nSPS) is 26.0. The molecule has 2 aromatic heterocycles. The summed E-state index contributed by atoms with van der Waals surface area (Å²) in [5.74, 6) is -0.113. The number of aliphatic hydroxyl groups excluding tert-OH is 2. The smallest absolute Gasteiger partial charge is 0.167 e. The highest BCUT2D eigenvalue weighted by atomic mass is 19.1. The Labute approximate surface area is 159 Å². The molecule has 148 valence electrons. The summed E-state index contributed by atoms with van der Waals surface area (Å²) in [5, 5.41) is 20.8. The molecule has 0 aliphatic carbocycles. The highest BCUT2D eigenvalue weighted by Gasteiger charge is 2.44. The Morgan fingerprint density at radius 1 is 1.21 bits per heavy atom. The van der Waals surface area contributed by atoms with Crippen molar-refractivity contribution in [1.82, 2.24) is 19.5 Å². The summed E-state index contributed by atoms with van der Waals surface area (Å²) >= 11 is 0. The SMILES string of the molecule is C[C@@H](OC[C@H]1O[C@@H](n2cnc3c(N)ncnc32)[C@H](O)[C@@H]1O)c1ccc(F)cc1. The van der Waals surface area contributed by atoms with Crippen LogP contribution in [0.4, 0.5) is 10.2 Å². The van der Waals surface area contributed by atoms with E-state index in [1.807, 2.05) is 6.92 Å². The second kappa shape index (κ2) is 7.40. The topological polar surface area (TPSA) is 129 Å². The summed E-state index contributed by atoms with van der Waals surface area (Å²) in [6.07, 6.45) is -1.65. The van der Waals surface area contributed by atoms with E-state index in [1.54, 1.807) is 12.1 Å². The number of halogens is 1. The first-order chi connectivity index (χ1) is 13.5. The van der Waals surface area contributed by atoms with Gasteiger partial charge in [0.25, 0.3) is 0 Å². The second-order valence-electron chi connectivity index (χ2n) is 6.66. The summed E-state index contributed by atoms with van der Waals surface area (Å²) < 4.78 is 26.1. The summed E-state index contributed by atoms with van der Waals surface area (Å²) in [4.78, 5) is 12.1. The van der Waals surface area contributed by atoms with E-state index < -0.39 is 24.5 Å². The molecule has 5 atom stereocenters. The lowest BCUT2D eigenvalue weighted by atomic mass is 10.1. The number of ether oxygens (including phenoxy) is 2. The molecule has 4 rings (SSSR count). The number of hydrogen-bond donors (Lipinski definition) is 3. The molecule has 1 fully saturated rings. The van der Waals surface area contributed by atoms with Crippen molar-refractivity contribution in [3.05, 3.63) is 48.3 Å². The molecule has 1 aromatic carbocycles. The third kappa shape index (κ3) is 3.31. The van der Waals surface area contributed by atoms with E-state index in [2.05, 4.69) is 15.0 Å². The van der Waals surface area contributed by atoms with Gasteiger partial charge in [-0.15, -0.1) is 0 Å². The van der Waals surface area contributed by atoms with Crippen LogP contribution >= 0.6 is 0 Å². The van der Waals surface area contributed by atoms with Gasteiger partial charge < -0.3 is 25.4 Å². The van der Waals surface area contributed by atoms with Crippen LogP contribution in [0.1, 0.15) is 24.8 Å². The molecule has 0 unspecified atom stereocenters. The maximum atomic E-state index is 13.0. The molecule has 0 saturated carbocycles.